The summed E-state index contributed by atoms with van der Waals surface area (Å²) >= 11 is 0. The molecule has 2 heteroatoms. The average molecular weight is 443 g/mol. The van der Waals surface area contributed by atoms with Gasteiger partial charge in [0.25, 0.3) is 0 Å². The molecule has 168 valence electrons. The van der Waals surface area contributed by atoms with Crippen LogP contribution in [0.1, 0.15) is 75.1 Å². The molecule has 5 rings (SSSR count). The van der Waals surface area contributed by atoms with Crippen molar-refractivity contribution >= 4 is 20.2 Å². The Morgan fingerprint density at radius 2 is 1.31 bits per heavy atom. The molecule has 1 saturated heterocycles. The minimum Gasteiger partial charge on any atom is -0.376 e. The van der Waals surface area contributed by atoms with Crippen LogP contribution in [0.25, 0.3) is 12.2 Å². The number of allylic oxidation sites excluding steroid dienone is 2. The predicted octanol–water partition coefficient (Wildman–Crippen LogP) is 7.85. The van der Waals surface area contributed by atoms with E-state index in [4.69, 9.17) is 4.74 Å². The summed E-state index contributed by atoms with van der Waals surface area (Å²) in [6, 6.07) is 19.7. The SMILES string of the molecule is CC(C)(C)OCCCCCC[Si]1(C)C2(C=Cc3ccccc32)CC12C=Cc1ccccc12. The van der Waals surface area contributed by atoms with Crippen LogP contribution < -0.4 is 0 Å². The van der Waals surface area contributed by atoms with Gasteiger partial charge in [-0.2, -0.15) is 0 Å². The lowest BCUT2D eigenvalue weighted by atomic mass is 9.83. The van der Waals surface area contributed by atoms with Crippen LogP contribution in [0.15, 0.2) is 60.7 Å². The zero-order valence-electron chi connectivity index (χ0n) is 20.3. The third-order valence-corrected chi connectivity index (χ3v) is 15.1. The molecule has 1 aliphatic heterocycles. The first-order chi connectivity index (χ1) is 15.3. The summed E-state index contributed by atoms with van der Waals surface area (Å²) < 4.78 is 5.93. The molecular formula is C30H38OSi. The van der Waals surface area contributed by atoms with E-state index >= 15 is 0 Å². The monoisotopic (exact) mass is 442 g/mol. The molecule has 32 heavy (non-hydrogen) atoms. The summed E-state index contributed by atoms with van der Waals surface area (Å²) in [4.78, 5) is 0. The van der Waals surface area contributed by atoms with Gasteiger partial charge in [0.2, 0.25) is 0 Å². The van der Waals surface area contributed by atoms with Gasteiger partial charge in [-0.05, 0) is 55.9 Å². The van der Waals surface area contributed by atoms with Crippen molar-refractivity contribution in [2.45, 2.75) is 81.1 Å². The number of fused-ring (bicyclic) bond motifs is 4. The molecular weight excluding hydrogens is 404 g/mol. The van der Waals surface area contributed by atoms with Crippen molar-refractivity contribution in [3.63, 3.8) is 0 Å². The Morgan fingerprint density at radius 1 is 0.781 bits per heavy atom. The summed E-state index contributed by atoms with van der Waals surface area (Å²) in [6.45, 7) is 10.1. The summed E-state index contributed by atoms with van der Waals surface area (Å²) in [7, 11) is -1.74. The zero-order valence-corrected chi connectivity index (χ0v) is 21.3. The normalized spacial score (nSPS) is 29.5. The van der Waals surface area contributed by atoms with E-state index in [1.807, 2.05) is 0 Å². The topological polar surface area (TPSA) is 9.23 Å². The van der Waals surface area contributed by atoms with Gasteiger partial charge >= 0.3 is 0 Å². The highest BCUT2D eigenvalue weighted by molar-refractivity contribution is 6.88. The third kappa shape index (κ3) is 3.22. The Balaban J connectivity index is 1.37. The molecule has 2 spiro atoms. The molecule has 2 aliphatic carbocycles. The Bertz CT molecular complexity index is 991. The van der Waals surface area contributed by atoms with Gasteiger partial charge in [0.15, 0.2) is 0 Å². The number of unbranched alkanes of at least 4 members (excludes halogenated alkanes) is 3. The standard InChI is InChI=1S/C30H38OSi/c1-28(2,3)31-21-11-5-6-12-22-32(4)29(19-17-24-13-7-9-15-26(24)29)23-30(32)20-18-25-14-8-10-16-27(25)30/h7-10,13-20H,5-6,11-12,21-23H2,1-4H3. The Labute approximate surface area is 195 Å². The summed E-state index contributed by atoms with van der Waals surface area (Å²) in [5, 5.41) is 0.585. The number of hydrogen-bond donors (Lipinski definition) is 0. The van der Waals surface area contributed by atoms with Crippen LogP contribution in [0.3, 0.4) is 0 Å². The summed E-state index contributed by atoms with van der Waals surface area (Å²) in [6.07, 6.45) is 16.4. The van der Waals surface area contributed by atoms with E-state index < -0.39 is 8.07 Å². The van der Waals surface area contributed by atoms with Crippen molar-refractivity contribution in [2.75, 3.05) is 6.61 Å². The second-order valence-corrected chi connectivity index (χ2v) is 16.4. The molecule has 1 fully saturated rings. The first kappa shape index (κ1) is 21.9. The van der Waals surface area contributed by atoms with Crippen molar-refractivity contribution in [1.29, 1.82) is 0 Å². The highest BCUT2D eigenvalue weighted by Crippen LogP contribution is 2.69. The van der Waals surface area contributed by atoms with Crippen LogP contribution in [-0.4, -0.2) is 20.3 Å². The van der Waals surface area contributed by atoms with Crippen molar-refractivity contribution < 1.29 is 4.74 Å². The minimum absolute atomic E-state index is 0.0184. The minimum atomic E-state index is -1.74. The van der Waals surface area contributed by atoms with E-state index in [0.717, 1.165) is 6.61 Å². The molecule has 2 unspecified atom stereocenters. The van der Waals surface area contributed by atoms with E-state index in [9.17, 15) is 0 Å². The van der Waals surface area contributed by atoms with Gasteiger partial charge in [0.05, 0.1) is 13.7 Å². The zero-order chi connectivity index (χ0) is 22.5. The lowest BCUT2D eigenvalue weighted by Gasteiger charge is -2.67. The van der Waals surface area contributed by atoms with Crippen LogP contribution in [0.5, 0.6) is 0 Å². The van der Waals surface area contributed by atoms with Crippen LogP contribution in [0, 0.1) is 0 Å². The van der Waals surface area contributed by atoms with E-state index in [1.165, 1.54) is 49.3 Å². The van der Waals surface area contributed by atoms with E-state index in [-0.39, 0.29) is 5.60 Å². The van der Waals surface area contributed by atoms with Crippen LogP contribution in [0.4, 0.5) is 0 Å². The van der Waals surface area contributed by atoms with Gasteiger partial charge in [-0.25, -0.2) is 0 Å². The molecule has 0 amide bonds. The van der Waals surface area contributed by atoms with Gasteiger partial charge in [-0.15, -0.1) is 0 Å². The fraction of sp³-hybridized carbons (Fsp3) is 0.467. The molecule has 3 aliphatic rings. The third-order valence-electron chi connectivity index (χ3n) is 8.61. The maximum atomic E-state index is 5.93. The molecule has 0 radical (unpaired) electrons. The van der Waals surface area contributed by atoms with Crippen molar-refractivity contribution in [3.05, 3.63) is 82.9 Å². The van der Waals surface area contributed by atoms with Gasteiger partial charge in [-0.1, -0.05) is 105 Å². The highest BCUT2D eigenvalue weighted by Gasteiger charge is 2.72. The maximum Gasteiger partial charge on any atom is 0.0822 e. The molecule has 0 N–H and O–H groups in total. The molecule has 2 aromatic rings. The fourth-order valence-electron chi connectivity index (χ4n) is 6.89. The second kappa shape index (κ2) is 7.85. The number of benzene rings is 2. The van der Waals surface area contributed by atoms with Gasteiger partial charge < -0.3 is 4.74 Å². The number of rotatable bonds is 7. The Kier molecular flexibility index (Phi) is 5.38. The van der Waals surface area contributed by atoms with Gasteiger partial charge in [0, 0.05) is 16.7 Å². The number of hydrogen-bond acceptors (Lipinski definition) is 1. The van der Waals surface area contributed by atoms with Gasteiger partial charge in [0.1, 0.15) is 0 Å². The molecule has 2 atom stereocenters. The molecule has 0 aromatic heterocycles. The maximum absolute atomic E-state index is 5.93. The van der Waals surface area contributed by atoms with Crippen LogP contribution in [0.2, 0.25) is 12.6 Å². The van der Waals surface area contributed by atoms with Crippen molar-refractivity contribution in [1.82, 2.24) is 0 Å². The lowest BCUT2D eigenvalue weighted by Crippen LogP contribution is -2.76. The molecule has 1 heterocycles. The molecule has 0 saturated carbocycles. The molecule has 1 nitrogen and oxygen atoms in total. The van der Waals surface area contributed by atoms with Crippen LogP contribution >= 0.6 is 0 Å². The van der Waals surface area contributed by atoms with Gasteiger partial charge in [-0.3, -0.25) is 0 Å². The van der Waals surface area contributed by atoms with E-state index in [1.54, 1.807) is 11.1 Å². The largest absolute Gasteiger partial charge is 0.376 e. The first-order valence-corrected chi connectivity index (χ1v) is 15.2. The smallest absolute Gasteiger partial charge is 0.0822 e. The van der Waals surface area contributed by atoms with Crippen molar-refractivity contribution in [3.8, 4) is 0 Å². The second-order valence-electron chi connectivity index (χ2n) is 11.4. The van der Waals surface area contributed by atoms with E-state index in [2.05, 4.69) is 100 Å². The summed E-state index contributed by atoms with van der Waals surface area (Å²) in [5.74, 6) is 0. The molecule has 0 bridgehead atoms. The first-order valence-electron chi connectivity index (χ1n) is 12.5. The summed E-state index contributed by atoms with van der Waals surface area (Å²) in [5.41, 5.74) is 6.11. The number of ether oxygens (including phenoxy) is 1. The predicted molar refractivity (Wildman–Crippen MR) is 140 cm³/mol. The molecule has 2 aromatic carbocycles. The highest BCUT2D eigenvalue weighted by atomic mass is 28.3. The quantitative estimate of drug-likeness (QED) is 0.313. The van der Waals surface area contributed by atoms with Crippen molar-refractivity contribution in [2.24, 2.45) is 0 Å². The average Bonchev–Trinajstić information content (AvgIpc) is 3.35. The van der Waals surface area contributed by atoms with E-state index in [0.29, 0.717) is 10.1 Å². The lowest BCUT2D eigenvalue weighted by molar-refractivity contribution is -0.00471. The Morgan fingerprint density at radius 3 is 1.88 bits per heavy atom. The Hall–Kier alpha value is -1.90. The fourth-order valence-corrected chi connectivity index (χ4v) is 13.1. The van der Waals surface area contributed by atoms with Crippen LogP contribution in [-0.2, 0) is 14.8 Å².